The van der Waals surface area contributed by atoms with Gasteiger partial charge in [0.2, 0.25) is 0 Å². The van der Waals surface area contributed by atoms with Crippen molar-refractivity contribution < 1.29 is 46.8 Å². The van der Waals surface area contributed by atoms with E-state index in [-0.39, 0.29) is 27.9 Å². The van der Waals surface area contributed by atoms with E-state index in [1.807, 2.05) is 0 Å². The van der Waals surface area contributed by atoms with E-state index in [1.165, 1.54) is 37.7 Å². The van der Waals surface area contributed by atoms with Crippen molar-refractivity contribution in [3.05, 3.63) is 23.9 Å². The quantitative estimate of drug-likeness (QED) is 0.259. The molecule has 1 aliphatic rings. The Hall–Kier alpha value is -0.956. The molecule has 0 saturated carbocycles. The molecule has 0 atom stereocenters. The van der Waals surface area contributed by atoms with E-state index in [4.69, 9.17) is 0 Å². The summed E-state index contributed by atoms with van der Waals surface area (Å²) in [6, 6.07) is 4.93. The Morgan fingerprint density at radius 1 is 1.03 bits per heavy atom. The van der Waals surface area contributed by atoms with E-state index >= 15 is 0 Å². The number of nitrogens with one attached hydrogen (secondary N) is 1. The molecule has 2 rings (SSSR count). The molecule has 2 heterocycles. The van der Waals surface area contributed by atoms with Crippen LogP contribution in [0.3, 0.4) is 0 Å². The van der Waals surface area contributed by atoms with Crippen LogP contribution in [0.25, 0.3) is 0 Å². The van der Waals surface area contributed by atoms with Crippen LogP contribution in [0.1, 0.15) is 45.7 Å². The number of aliphatic imine (C=N–C) groups is 1. The largest absolute Gasteiger partial charge is 2.00 e. The summed E-state index contributed by atoms with van der Waals surface area (Å²) in [5, 5.41) is 14.0. The fourth-order valence-corrected chi connectivity index (χ4v) is 2.77. The van der Waals surface area contributed by atoms with Gasteiger partial charge >= 0.3 is 49.5 Å². The number of halogens is 6. The standard InChI is InChI=1S/C13H27N3.C6H7NO.F6P.Ni/c1-12-11-13(2,3)15-8-6-10-16(4)9-5-7-14-12;1-5-3-2-4-6(8)7-5;1-7(2,3,4,5)6;/h15H,5-11H2,1-4H3;2-4H,1H3,(H,7,8);;/q;;-1;+2/p-1. The molecule has 1 aliphatic heterocycles. The third-order valence-electron chi connectivity index (χ3n) is 3.96. The molecule has 0 amide bonds. The second kappa shape index (κ2) is 12.5. The molecular formula is C19H33F6N4NiOP. The van der Waals surface area contributed by atoms with E-state index in [1.54, 1.807) is 19.1 Å². The second-order valence-corrected chi connectivity index (χ2v) is 10.1. The molecule has 13 heteroatoms. The van der Waals surface area contributed by atoms with Crippen molar-refractivity contribution in [3.63, 3.8) is 0 Å². The minimum absolute atomic E-state index is 0. The van der Waals surface area contributed by atoms with Gasteiger partial charge in [-0.15, -0.1) is 0 Å². The molecule has 0 aliphatic carbocycles. The van der Waals surface area contributed by atoms with Crippen LogP contribution in [0.5, 0.6) is 5.88 Å². The van der Waals surface area contributed by atoms with Crippen molar-refractivity contribution in [1.82, 2.24) is 15.2 Å². The van der Waals surface area contributed by atoms with Crippen molar-refractivity contribution in [2.24, 2.45) is 4.99 Å². The van der Waals surface area contributed by atoms with Crippen LogP contribution >= 0.6 is 7.81 Å². The van der Waals surface area contributed by atoms with E-state index in [0.717, 1.165) is 25.2 Å². The molecule has 5 nitrogen and oxygen atoms in total. The topological polar surface area (TPSA) is 63.6 Å². The van der Waals surface area contributed by atoms with Crippen molar-refractivity contribution in [2.45, 2.75) is 52.5 Å². The fraction of sp³-hybridized carbons (Fsp3) is 0.684. The molecular weight excluding hydrogens is 504 g/mol. The van der Waals surface area contributed by atoms with Crippen molar-refractivity contribution in [1.29, 1.82) is 0 Å². The van der Waals surface area contributed by atoms with E-state index in [9.17, 15) is 30.3 Å². The van der Waals surface area contributed by atoms with Crippen molar-refractivity contribution in [3.8, 4) is 5.88 Å². The maximum atomic E-state index is 10.4. The number of nitrogens with zero attached hydrogens (tertiary/aromatic N) is 3. The number of pyridine rings is 1. The van der Waals surface area contributed by atoms with Gasteiger partial charge in [-0.25, -0.2) is 0 Å². The van der Waals surface area contributed by atoms with E-state index < -0.39 is 7.81 Å². The average Bonchev–Trinajstić information content (AvgIpc) is 2.52. The molecule has 0 spiro atoms. The molecule has 1 N–H and O–H groups in total. The number of aromatic nitrogens is 1. The third-order valence-corrected chi connectivity index (χ3v) is 3.96. The molecule has 0 saturated heterocycles. The zero-order chi connectivity index (χ0) is 24.4. The van der Waals surface area contributed by atoms with Gasteiger partial charge in [0.15, 0.2) is 0 Å². The Labute approximate surface area is 196 Å². The zero-order valence-corrected chi connectivity index (χ0v) is 20.8. The number of rotatable bonds is 0. The van der Waals surface area contributed by atoms with Crippen LogP contribution in [-0.2, 0) is 16.5 Å². The van der Waals surface area contributed by atoms with Crippen LogP contribution < -0.4 is 10.4 Å². The molecule has 0 aromatic carbocycles. The summed E-state index contributed by atoms with van der Waals surface area (Å²) < 4.78 is 59.2. The number of aryl methyl sites for hydroxylation is 1. The maximum absolute atomic E-state index is 10.7. The Kier molecular flexibility index (Phi) is 13.0. The Bertz CT molecular complexity index is 688. The summed E-state index contributed by atoms with van der Waals surface area (Å²) in [5.41, 5.74) is 2.24. The summed E-state index contributed by atoms with van der Waals surface area (Å²) in [4.78, 5) is 10.7. The Morgan fingerprint density at radius 2 is 1.56 bits per heavy atom. The van der Waals surface area contributed by atoms with Gasteiger partial charge in [0, 0.05) is 29.9 Å². The average molecular weight is 537 g/mol. The van der Waals surface area contributed by atoms with Crippen molar-refractivity contribution >= 4 is 13.5 Å². The van der Waals surface area contributed by atoms with Crippen LogP contribution in [0, 0.1) is 6.92 Å². The van der Waals surface area contributed by atoms with Gasteiger partial charge in [-0.05, 0) is 79.2 Å². The predicted octanol–water partition coefficient (Wildman–Crippen LogP) is 5.77. The minimum atomic E-state index is -10.7. The summed E-state index contributed by atoms with van der Waals surface area (Å²) in [7, 11) is -8.46. The fourth-order valence-electron chi connectivity index (χ4n) is 2.77. The Balaban J connectivity index is 0. The first kappa shape index (κ1) is 33.2. The molecule has 32 heavy (non-hydrogen) atoms. The molecule has 1 aromatic heterocycles. The summed E-state index contributed by atoms with van der Waals surface area (Å²) in [6.45, 7) is 12.9. The van der Waals surface area contributed by atoms with Gasteiger partial charge in [-0.2, -0.15) is 0 Å². The van der Waals surface area contributed by atoms with Crippen LogP contribution in [0.2, 0.25) is 0 Å². The first-order valence-corrected chi connectivity index (χ1v) is 11.9. The molecule has 192 valence electrons. The predicted molar refractivity (Wildman–Crippen MR) is 113 cm³/mol. The molecule has 0 unspecified atom stereocenters. The monoisotopic (exact) mass is 536 g/mol. The van der Waals surface area contributed by atoms with Crippen molar-refractivity contribution in [2.75, 3.05) is 33.2 Å². The molecule has 0 bridgehead atoms. The summed E-state index contributed by atoms with van der Waals surface area (Å²) in [5.74, 6) is -0.162. The number of hydrogen-bond donors (Lipinski definition) is 1. The minimum Gasteiger partial charge on any atom is 2.00 e. The third kappa shape index (κ3) is 27.1. The first-order valence-electron chi connectivity index (χ1n) is 9.84. The van der Waals surface area contributed by atoms with Gasteiger partial charge in [0.05, 0.1) is 0 Å². The van der Waals surface area contributed by atoms with E-state index in [2.05, 4.69) is 48.0 Å². The van der Waals surface area contributed by atoms with Gasteiger partial charge < -0.3 is 15.3 Å². The van der Waals surface area contributed by atoms with E-state index in [0.29, 0.717) is 0 Å². The van der Waals surface area contributed by atoms with Gasteiger partial charge in [-0.1, -0.05) is 12.1 Å². The van der Waals surface area contributed by atoms with Crippen LogP contribution in [-0.4, -0.2) is 54.4 Å². The maximum Gasteiger partial charge on any atom is 2.00 e. The van der Waals surface area contributed by atoms with Gasteiger partial charge in [0.1, 0.15) is 0 Å². The normalized spacial score (nSPS) is 20.0. The summed E-state index contributed by atoms with van der Waals surface area (Å²) >= 11 is 0. The van der Waals surface area contributed by atoms with Gasteiger partial charge in [0.25, 0.3) is 0 Å². The summed E-state index contributed by atoms with van der Waals surface area (Å²) in [6.07, 6.45) is 3.47. The molecule has 0 radical (unpaired) electrons. The molecule has 0 fully saturated rings. The molecule has 1 aromatic rings. The zero-order valence-electron chi connectivity index (χ0n) is 19.0. The van der Waals surface area contributed by atoms with Crippen LogP contribution in [0.15, 0.2) is 23.2 Å². The first-order chi connectivity index (χ1) is 13.7. The smallest absolute Gasteiger partial charge is 2.00 e. The Morgan fingerprint density at radius 3 is 2.03 bits per heavy atom. The number of hydrogen-bond acceptors (Lipinski definition) is 5. The van der Waals surface area contributed by atoms with Crippen LogP contribution in [0.4, 0.5) is 25.2 Å². The van der Waals surface area contributed by atoms with Gasteiger partial charge in [-0.3, -0.25) is 9.98 Å². The second-order valence-electron chi connectivity index (χ2n) is 8.19. The SMILES string of the molecule is CC1=NCCCN(C)CCCNC(C)(C)C1.Cc1cccc([O-])n1.F[P-](F)(F)(F)(F)F.[Ni+2].